The van der Waals surface area contributed by atoms with Crippen molar-refractivity contribution in [1.29, 1.82) is 0 Å². The molecule has 0 unspecified atom stereocenters. The van der Waals surface area contributed by atoms with E-state index in [0.717, 1.165) is 36.1 Å². The third-order valence-electron chi connectivity index (χ3n) is 7.73. The average molecular weight is 480 g/mol. The molecule has 5 atom stereocenters. The smallest absolute Gasteiger partial charge is 0.335 e. The zero-order chi connectivity index (χ0) is 23.6. The number of nitrogens with zero attached hydrogens (tertiary/aromatic N) is 1. The third kappa shape index (κ3) is 3.37. The number of carbonyl (C=O) groups is 1. The number of anilines is 2. The van der Waals surface area contributed by atoms with Crippen molar-refractivity contribution >= 4 is 27.5 Å². The van der Waals surface area contributed by atoms with Crippen LogP contribution in [-0.4, -0.2) is 24.7 Å². The molecule has 6 rings (SSSR count). The van der Waals surface area contributed by atoms with Crippen LogP contribution in [-0.2, 0) is 10.0 Å². The highest BCUT2D eigenvalue weighted by molar-refractivity contribution is 7.92. The number of carboxylic acid groups (broad SMARTS) is 1. The zero-order valence-electron chi connectivity index (χ0n) is 18.6. The van der Waals surface area contributed by atoms with Gasteiger partial charge in [0.05, 0.1) is 16.5 Å². The second-order valence-corrected chi connectivity index (χ2v) is 11.3. The summed E-state index contributed by atoms with van der Waals surface area (Å²) in [5.41, 5.74) is 3.19. The second kappa shape index (κ2) is 7.59. The van der Waals surface area contributed by atoms with E-state index < -0.39 is 16.0 Å². The summed E-state index contributed by atoms with van der Waals surface area (Å²) in [6.07, 6.45) is 3.42. The molecular formula is C25H25N3O5S. The molecule has 9 heteroatoms. The van der Waals surface area contributed by atoms with E-state index in [1.807, 2.05) is 12.1 Å². The Kier molecular flexibility index (Phi) is 4.74. The van der Waals surface area contributed by atoms with Crippen molar-refractivity contribution in [2.24, 2.45) is 17.8 Å². The monoisotopic (exact) mass is 479 g/mol. The molecule has 1 aromatic heterocycles. The fourth-order valence-electron chi connectivity index (χ4n) is 6.44. The molecule has 0 radical (unpaired) electrons. The lowest BCUT2D eigenvalue weighted by molar-refractivity contribution is 0.0696. The number of nitrogens with one attached hydrogen (secondary N) is 2. The van der Waals surface area contributed by atoms with E-state index in [-0.39, 0.29) is 28.2 Å². The summed E-state index contributed by atoms with van der Waals surface area (Å²) in [5, 5.41) is 16.9. The normalized spacial score (nSPS) is 27.0. The van der Waals surface area contributed by atoms with E-state index in [1.165, 1.54) is 0 Å². The number of fused-ring (bicyclic) bond motifs is 7. The van der Waals surface area contributed by atoms with E-state index in [2.05, 4.69) is 15.2 Å². The van der Waals surface area contributed by atoms with Crippen molar-refractivity contribution in [3.8, 4) is 0 Å². The maximum absolute atomic E-state index is 13.1. The van der Waals surface area contributed by atoms with E-state index >= 15 is 0 Å². The SMILES string of the molecule is Cc1cc(NS(=O)(=O)c2ccc3c(c2)[C@H]2[C@H]4CC[C@@H](C4)[C@@H]2[C@H](c2cccc(C(=O)O)c2)N3)no1. The molecule has 2 aromatic carbocycles. The van der Waals surface area contributed by atoms with E-state index in [0.29, 0.717) is 23.5 Å². The fraction of sp³-hybridized carbons (Fsp3) is 0.360. The van der Waals surface area contributed by atoms with Crippen LogP contribution in [0, 0.1) is 24.7 Å². The van der Waals surface area contributed by atoms with Crippen LogP contribution in [0.1, 0.15) is 58.5 Å². The number of hydrogen-bond acceptors (Lipinski definition) is 6. The Bertz CT molecular complexity index is 1400. The summed E-state index contributed by atoms with van der Waals surface area (Å²) in [7, 11) is -3.82. The van der Waals surface area contributed by atoms with Crippen LogP contribution in [0.2, 0.25) is 0 Å². The number of sulfonamides is 1. The minimum absolute atomic E-state index is 0.00853. The Labute approximate surface area is 197 Å². The zero-order valence-corrected chi connectivity index (χ0v) is 19.4. The highest BCUT2D eigenvalue weighted by Gasteiger charge is 2.54. The lowest BCUT2D eigenvalue weighted by Crippen LogP contribution is -2.35. The number of benzene rings is 2. The van der Waals surface area contributed by atoms with E-state index in [1.54, 1.807) is 43.3 Å². The van der Waals surface area contributed by atoms with Gasteiger partial charge in [0, 0.05) is 11.8 Å². The lowest BCUT2D eigenvalue weighted by Gasteiger charge is -2.43. The number of rotatable bonds is 5. The minimum Gasteiger partial charge on any atom is -0.478 e. The average Bonchev–Trinajstić information content (AvgIpc) is 3.55. The second-order valence-electron chi connectivity index (χ2n) is 9.67. The summed E-state index contributed by atoms with van der Waals surface area (Å²) in [6.45, 7) is 1.70. The van der Waals surface area contributed by atoms with Gasteiger partial charge in [0.2, 0.25) is 0 Å². The molecule has 3 N–H and O–H groups in total. The van der Waals surface area contributed by atoms with Gasteiger partial charge in [-0.3, -0.25) is 4.72 Å². The molecule has 34 heavy (non-hydrogen) atoms. The van der Waals surface area contributed by atoms with Gasteiger partial charge in [-0.25, -0.2) is 13.2 Å². The fourth-order valence-corrected chi connectivity index (χ4v) is 7.46. The summed E-state index contributed by atoms with van der Waals surface area (Å²) in [4.78, 5) is 11.8. The standard InChI is InChI=1S/C25H25N3O5S/c1-13-9-21(27-33-13)28-34(31,32)18-7-8-20-19(12-18)22-14-5-6-15(10-14)23(22)24(26-20)16-3-2-4-17(11-16)25(29)30/h2-4,7-9,11-12,14-15,22-24,26H,5-6,10H2,1H3,(H,27,28)(H,29,30)/t14-,15-,22+,23-,24-/m0/s1. The van der Waals surface area contributed by atoms with E-state index in [4.69, 9.17) is 4.52 Å². The Morgan fingerprint density at radius 1 is 1.15 bits per heavy atom. The molecule has 176 valence electrons. The van der Waals surface area contributed by atoms with Gasteiger partial charge in [0.1, 0.15) is 5.76 Å². The largest absolute Gasteiger partial charge is 0.478 e. The van der Waals surface area contributed by atoms with Gasteiger partial charge in [0.15, 0.2) is 5.82 Å². The van der Waals surface area contributed by atoms with Gasteiger partial charge in [-0.2, -0.15) is 0 Å². The predicted molar refractivity (Wildman–Crippen MR) is 125 cm³/mol. The Morgan fingerprint density at radius 3 is 2.74 bits per heavy atom. The molecule has 3 aromatic rings. The Hall–Kier alpha value is -3.33. The third-order valence-corrected chi connectivity index (χ3v) is 9.08. The van der Waals surface area contributed by atoms with Crippen LogP contribution in [0.25, 0.3) is 0 Å². The van der Waals surface area contributed by atoms with Crippen LogP contribution < -0.4 is 10.0 Å². The Balaban J connectivity index is 1.39. The minimum atomic E-state index is -3.82. The van der Waals surface area contributed by atoms with Crippen LogP contribution in [0.15, 0.2) is 57.9 Å². The first-order valence-corrected chi connectivity index (χ1v) is 13.0. The number of aromatic carboxylic acids is 1. The molecule has 2 fully saturated rings. The summed E-state index contributed by atoms with van der Waals surface area (Å²) >= 11 is 0. The van der Waals surface area contributed by atoms with Crippen LogP contribution in [0.5, 0.6) is 0 Å². The first kappa shape index (κ1) is 21.2. The number of carboxylic acids is 1. The van der Waals surface area contributed by atoms with Gasteiger partial charge in [0.25, 0.3) is 10.0 Å². The molecule has 2 heterocycles. The molecule has 3 aliphatic rings. The van der Waals surface area contributed by atoms with Crippen molar-refractivity contribution in [2.45, 2.75) is 43.0 Å². The quantitative estimate of drug-likeness (QED) is 0.481. The maximum Gasteiger partial charge on any atom is 0.335 e. The van der Waals surface area contributed by atoms with Gasteiger partial charge in [-0.1, -0.05) is 17.3 Å². The summed E-state index contributed by atoms with van der Waals surface area (Å²) in [6, 6.07) is 13.9. The molecular weight excluding hydrogens is 454 g/mol. The van der Waals surface area contributed by atoms with Crippen molar-refractivity contribution in [3.05, 3.63) is 71.0 Å². The van der Waals surface area contributed by atoms with Gasteiger partial charge >= 0.3 is 5.97 Å². The number of aromatic nitrogens is 1. The highest BCUT2D eigenvalue weighted by Crippen LogP contribution is 2.63. The molecule has 0 spiro atoms. The predicted octanol–water partition coefficient (Wildman–Crippen LogP) is 4.78. The lowest BCUT2D eigenvalue weighted by atomic mass is 9.68. The maximum atomic E-state index is 13.1. The number of hydrogen-bond donors (Lipinski definition) is 3. The van der Waals surface area contributed by atoms with Gasteiger partial charge in [-0.05, 0) is 91.3 Å². The first-order chi connectivity index (χ1) is 16.3. The highest BCUT2D eigenvalue weighted by atomic mass is 32.2. The van der Waals surface area contributed by atoms with Crippen LogP contribution in [0.4, 0.5) is 11.5 Å². The van der Waals surface area contributed by atoms with Crippen LogP contribution >= 0.6 is 0 Å². The summed E-state index contributed by atoms with van der Waals surface area (Å²) < 4.78 is 33.6. The molecule has 2 saturated carbocycles. The molecule has 0 saturated heterocycles. The molecule has 1 aliphatic heterocycles. The topological polar surface area (TPSA) is 122 Å². The molecule has 2 aliphatic carbocycles. The number of aryl methyl sites for hydroxylation is 1. The summed E-state index contributed by atoms with van der Waals surface area (Å²) in [5.74, 6) is 1.31. The molecule has 8 nitrogen and oxygen atoms in total. The Morgan fingerprint density at radius 2 is 1.97 bits per heavy atom. The van der Waals surface area contributed by atoms with Crippen molar-refractivity contribution < 1.29 is 22.8 Å². The van der Waals surface area contributed by atoms with E-state index in [9.17, 15) is 18.3 Å². The van der Waals surface area contributed by atoms with Crippen molar-refractivity contribution in [3.63, 3.8) is 0 Å². The van der Waals surface area contributed by atoms with Crippen LogP contribution in [0.3, 0.4) is 0 Å². The van der Waals surface area contributed by atoms with Crippen molar-refractivity contribution in [2.75, 3.05) is 10.0 Å². The molecule has 0 amide bonds. The molecule has 2 bridgehead atoms. The first-order valence-electron chi connectivity index (χ1n) is 11.5. The van der Waals surface area contributed by atoms with Gasteiger partial charge in [-0.15, -0.1) is 0 Å². The van der Waals surface area contributed by atoms with Gasteiger partial charge < -0.3 is 14.9 Å². The van der Waals surface area contributed by atoms with Crippen molar-refractivity contribution in [1.82, 2.24) is 5.16 Å².